The summed E-state index contributed by atoms with van der Waals surface area (Å²) in [5.41, 5.74) is 4.35. The van der Waals surface area contributed by atoms with E-state index in [1.54, 1.807) is 42.8 Å². The van der Waals surface area contributed by atoms with Gasteiger partial charge in [0.2, 0.25) is 11.8 Å². The van der Waals surface area contributed by atoms with Crippen molar-refractivity contribution in [2.24, 2.45) is 0 Å². The van der Waals surface area contributed by atoms with E-state index in [4.69, 9.17) is 14.4 Å². The third-order valence-corrected chi connectivity index (χ3v) is 4.37. The zero-order chi connectivity index (χ0) is 20.2. The quantitative estimate of drug-likeness (QED) is 0.472. The van der Waals surface area contributed by atoms with Crippen molar-refractivity contribution in [3.8, 4) is 29.0 Å². The van der Waals surface area contributed by atoms with E-state index >= 15 is 0 Å². The molecule has 1 N–H and O–H groups in total. The van der Waals surface area contributed by atoms with Gasteiger partial charge in [0.1, 0.15) is 11.5 Å². The molecular formula is C23H18N4O2. The number of nitriles is 1. The van der Waals surface area contributed by atoms with E-state index in [1.807, 2.05) is 38.1 Å². The SMILES string of the molecule is Cc1cc(-c2ccco2)cc(C)c1Oc1ccnc(Nc2ccc(C#N)cc2)n1. The molecule has 0 saturated heterocycles. The summed E-state index contributed by atoms with van der Waals surface area (Å²) >= 11 is 0. The van der Waals surface area contributed by atoms with Gasteiger partial charge in [-0.15, -0.1) is 0 Å². The van der Waals surface area contributed by atoms with Gasteiger partial charge in [0.15, 0.2) is 0 Å². The monoisotopic (exact) mass is 382 g/mol. The molecule has 0 spiro atoms. The Kier molecular flexibility index (Phi) is 4.95. The molecule has 142 valence electrons. The lowest BCUT2D eigenvalue weighted by Crippen LogP contribution is -1.99. The summed E-state index contributed by atoms with van der Waals surface area (Å²) in [6.45, 7) is 3.98. The smallest absolute Gasteiger partial charge is 0.230 e. The van der Waals surface area contributed by atoms with E-state index in [0.717, 1.165) is 33.9 Å². The van der Waals surface area contributed by atoms with Gasteiger partial charge in [0.25, 0.3) is 0 Å². The second-order valence-corrected chi connectivity index (χ2v) is 6.55. The Morgan fingerprint density at radius 2 is 1.79 bits per heavy atom. The molecule has 0 radical (unpaired) electrons. The Balaban J connectivity index is 1.55. The van der Waals surface area contributed by atoms with Crippen LogP contribution in [0, 0.1) is 25.2 Å². The summed E-state index contributed by atoms with van der Waals surface area (Å²) in [6, 6.07) is 18.7. The minimum Gasteiger partial charge on any atom is -0.464 e. The first kappa shape index (κ1) is 18.3. The van der Waals surface area contributed by atoms with E-state index < -0.39 is 0 Å². The van der Waals surface area contributed by atoms with Crippen LogP contribution in [0.1, 0.15) is 16.7 Å². The van der Waals surface area contributed by atoms with Gasteiger partial charge in [0, 0.05) is 23.5 Å². The second-order valence-electron chi connectivity index (χ2n) is 6.55. The molecule has 2 heterocycles. The number of ether oxygens (including phenoxy) is 1. The van der Waals surface area contributed by atoms with Crippen molar-refractivity contribution in [3.05, 3.63) is 83.7 Å². The summed E-state index contributed by atoms with van der Waals surface area (Å²) < 4.78 is 11.5. The minimum atomic E-state index is 0.412. The van der Waals surface area contributed by atoms with Gasteiger partial charge in [0.05, 0.1) is 17.9 Å². The molecule has 6 nitrogen and oxygen atoms in total. The van der Waals surface area contributed by atoms with Gasteiger partial charge in [-0.1, -0.05) is 0 Å². The first-order valence-electron chi connectivity index (χ1n) is 9.05. The lowest BCUT2D eigenvalue weighted by Gasteiger charge is -2.13. The van der Waals surface area contributed by atoms with Crippen LogP contribution in [-0.4, -0.2) is 9.97 Å². The van der Waals surface area contributed by atoms with Crippen LogP contribution >= 0.6 is 0 Å². The fourth-order valence-corrected chi connectivity index (χ4v) is 3.02. The van der Waals surface area contributed by atoms with E-state index in [0.29, 0.717) is 17.4 Å². The second kappa shape index (κ2) is 7.87. The van der Waals surface area contributed by atoms with E-state index in [1.165, 1.54) is 0 Å². The number of nitrogens with zero attached hydrogens (tertiary/aromatic N) is 3. The Morgan fingerprint density at radius 1 is 1.03 bits per heavy atom. The van der Waals surface area contributed by atoms with Crippen LogP contribution in [-0.2, 0) is 0 Å². The first-order valence-corrected chi connectivity index (χ1v) is 9.05. The number of anilines is 2. The number of aryl methyl sites for hydroxylation is 2. The highest BCUT2D eigenvalue weighted by Crippen LogP contribution is 2.33. The molecule has 0 amide bonds. The highest BCUT2D eigenvalue weighted by molar-refractivity contribution is 5.63. The number of hydrogen-bond acceptors (Lipinski definition) is 6. The predicted molar refractivity (Wildman–Crippen MR) is 110 cm³/mol. The third-order valence-electron chi connectivity index (χ3n) is 4.37. The number of hydrogen-bond donors (Lipinski definition) is 1. The Bertz CT molecular complexity index is 1150. The van der Waals surface area contributed by atoms with Crippen molar-refractivity contribution < 1.29 is 9.15 Å². The average molecular weight is 382 g/mol. The molecule has 4 rings (SSSR count). The van der Waals surface area contributed by atoms with Crippen molar-refractivity contribution in [2.75, 3.05) is 5.32 Å². The van der Waals surface area contributed by atoms with Crippen LogP contribution in [0.15, 0.2) is 71.5 Å². The Hall–Kier alpha value is -4.11. The molecule has 0 saturated carbocycles. The summed E-state index contributed by atoms with van der Waals surface area (Å²) in [5.74, 6) is 2.42. The van der Waals surface area contributed by atoms with Crippen LogP contribution in [0.5, 0.6) is 11.6 Å². The van der Waals surface area contributed by atoms with E-state index in [2.05, 4.69) is 21.4 Å². The summed E-state index contributed by atoms with van der Waals surface area (Å²) in [4.78, 5) is 8.66. The maximum absolute atomic E-state index is 8.89. The Morgan fingerprint density at radius 3 is 2.45 bits per heavy atom. The van der Waals surface area contributed by atoms with Crippen molar-refractivity contribution in [1.29, 1.82) is 5.26 Å². The predicted octanol–water partition coefficient (Wildman–Crippen LogP) is 5.76. The molecule has 6 heteroatoms. The molecular weight excluding hydrogens is 364 g/mol. The third kappa shape index (κ3) is 4.09. The molecule has 0 aliphatic carbocycles. The maximum Gasteiger partial charge on any atom is 0.230 e. The fourth-order valence-electron chi connectivity index (χ4n) is 3.02. The van der Waals surface area contributed by atoms with Crippen LogP contribution in [0.2, 0.25) is 0 Å². The fraction of sp³-hybridized carbons (Fsp3) is 0.0870. The molecule has 0 bridgehead atoms. The van der Waals surface area contributed by atoms with Crippen molar-refractivity contribution in [2.45, 2.75) is 13.8 Å². The molecule has 2 aromatic carbocycles. The van der Waals surface area contributed by atoms with Crippen LogP contribution in [0.25, 0.3) is 11.3 Å². The molecule has 0 aliphatic heterocycles. The summed E-state index contributed by atoms with van der Waals surface area (Å²) in [5, 5.41) is 12.0. The van der Waals surface area contributed by atoms with Gasteiger partial charge in [-0.2, -0.15) is 10.2 Å². The Labute approximate surface area is 168 Å². The number of aromatic nitrogens is 2. The standard InChI is InChI=1S/C23H18N4O2/c1-15-12-18(20-4-3-11-28-20)13-16(2)22(15)29-21-9-10-25-23(27-21)26-19-7-5-17(14-24)6-8-19/h3-13H,1-2H3,(H,25,26,27). The van der Waals surface area contributed by atoms with Crippen LogP contribution in [0.4, 0.5) is 11.6 Å². The van der Waals surface area contributed by atoms with Crippen molar-refractivity contribution >= 4 is 11.6 Å². The van der Waals surface area contributed by atoms with Crippen LogP contribution in [0.3, 0.4) is 0 Å². The topological polar surface area (TPSA) is 84.0 Å². The van der Waals surface area contributed by atoms with E-state index in [9.17, 15) is 0 Å². The molecule has 2 aromatic heterocycles. The molecule has 0 atom stereocenters. The van der Waals surface area contributed by atoms with Gasteiger partial charge < -0.3 is 14.5 Å². The lowest BCUT2D eigenvalue weighted by atomic mass is 10.0. The molecule has 0 fully saturated rings. The highest BCUT2D eigenvalue weighted by atomic mass is 16.5. The van der Waals surface area contributed by atoms with Crippen LogP contribution < -0.4 is 10.1 Å². The minimum absolute atomic E-state index is 0.412. The maximum atomic E-state index is 8.89. The van der Waals surface area contributed by atoms with Gasteiger partial charge in [-0.3, -0.25) is 0 Å². The van der Waals surface area contributed by atoms with Crippen molar-refractivity contribution in [1.82, 2.24) is 9.97 Å². The summed E-state index contributed by atoms with van der Waals surface area (Å²) in [7, 11) is 0. The number of rotatable bonds is 5. The zero-order valence-corrected chi connectivity index (χ0v) is 16.0. The largest absolute Gasteiger partial charge is 0.464 e. The van der Waals surface area contributed by atoms with E-state index in [-0.39, 0.29) is 0 Å². The molecule has 4 aromatic rings. The van der Waals surface area contributed by atoms with Crippen molar-refractivity contribution in [3.63, 3.8) is 0 Å². The summed E-state index contributed by atoms with van der Waals surface area (Å²) in [6.07, 6.45) is 3.30. The van der Waals surface area contributed by atoms with Gasteiger partial charge in [-0.05, 0) is 73.5 Å². The average Bonchev–Trinajstić information content (AvgIpc) is 3.26. The number of nitrogens with one attached hydrogen (secondary N) is 1. The van der Waals surface area contributed by atoms with Gasteiger partial charge >= 0.3 is 0 Å². The van der Waals surface area contributed by atoms with Gasteiger partial charge in [-0.25, -0.2) is 4.98 Å². The number of furan rings is 1. The molecule has 29 heavy (non-hydrogen) atoms. The number of benzene rings is 2. The first-order chi connectivity index (χ1) is 14.1. The zero-order valence-electron chi connectivity index (χ0n) is 16.0. The highest BCUT2D eigenvalue weighted by Gasteiger charge is 2.11. The normalized spacial score (nSPS) is 10.4. The molecule has 0 unspecified atom stereocenters. The molecule has 0 aliphatic rings. The lowest BCUT2D eigenvalue weighted by molar-refractivity contribution is 0.455.